The number of nitrogens with one attached hydrogen (secondary N) is 1. The standard InChI is InChI=1S/C26H33N5O/c1-29-14-10-19(11-15-29)26(32)27-21-12-16-31(17-13-21)22-7-5-6-20(18-22)25-28-23-8-3-4-9-24(23)30(25)2/h3-9,18-19,21H,10-17H2,1-2H3,(H,27,32). The minimum absolute atomic E-state index is 0.189. The molecule has 2 aliphatic rings. The van der Waals surface area contributed by atoms with Gasteiger partial charge in [0.15, 0.2) is 0 Å². The van der Waals surface area contributed by atoms with Crippen LogP contribution in [0.5, 0.6) is 0 Å². The van der Waals surface area contributed by atoms with Gasteiger partial charge in [-0.3, -0.25) is 4.79 Å². The number of benzene rings is 2. The van der Waals surface area contributed by atoms with E-state index >= 15 is 0 Å². The van der Waals surface area contributed by atoms with Crippen LogP contribution in [-0.4, -0.2) is 59.6 Å². The molecule has 3 aromatic rings. The van der Waals surface area contributed by atoms with Gasteiger partial charge in [-0.05, 0) is 70.1 Å². The number of aromatic nitrogens is 2. The van der Waals surface area contributed by atoms with Crippen molar-refractivity contribution in [2.24, 2.45) is 13.0 Å². The number of aryl methyl sites for hydroxylation is 1. The summed E-state index contributed by atoms with van der Waals surface area (Å²) >= 11 is 0. The lowest BCUT2D eigenvalue weighted by Gasteiger charge is -2.35. The van der Waals surface area contributed by atoms with Crippen molar-refractivity contribution in [3.63, 3.8) is 0 Å². The third kappa shape index (κ3) is 4.24. The van der Waals surface area contributed by atoms with E-state index in [9.17, 15) is 4.79 Å². The highest BCUT2D eigenvalue weighted by Gasteiger charge is 2.27. The van der Waals surface area contributed by atoms with Gasteiger partial charge in [-0.15, -0.1) is 0 Å². The molecule has 3 heterocycles. The van der Waals surface area contributed by atoms with E-state index < -0.39 is 0 Å². The molecule has 1 N–H and O–H groups in total. The van der Waals surface area contributed by atoms with E-state index in [1.165, 1.54) is 5.69 Å². The Kier molecular flexibility index (Phi) is 5.87. The van der Waals surface area contributed by atoms with Crippen LogP contribution in [-0.2, 0) is 11.8 Å². The Morgan fingerprint density at radius 2 is 1.69 bits per heavy atom. The molecule has 1 aromatic heterocycles. The highest BCUT2D eigenvalue weighted by atomic mass is 16.1. The molecule has 6 heteroatoms. The maximum atomic E-state index is 12.7. The number of piperidine rings is 2. The molecule has 2 saturated heterocycles. The van der Waals surface area contributed by atoms with Crippen LogP contribution in [0.1, 0.15) is 25.7 Å². The maximum absolute atomic E-state index is 12.7. The van der Waals surface area contributed by atoms with Crippen LogP contribution in [0.4, 0.5) is 5.69 Å². The molecule has 168 valence electrons. The molecule has 0 atom stereocenters. The topological polar surface area (TPSA) is 53.4 Å². The zero-order chi connectivity index (χ0) is 22.1. The fraction of sp³-hybridized carbons (Fsp3) is 0.462. The Balaban J connectivity index is 1.22. The van der Waals surface area contributed by atoms with Crippen molar-refractivity contribution in [1.82, 2.24) is 19.8 Å². The first-order valence-corrected chi connectivity index (χ1v) is 11.8. The van der Waals surface area contributed by atoms with Crippen molar-refractivity contribution in [2.45, 2.75) is 31.7 Å². The van der Waals surface area contributed by atoms with Gasteiger partial charge in [0.05, 0.1) is 11.0 Å². The normalized spacial score (nSPS) is 18.9. The summed E-state index contributed by atoms with van der Waals surface area (Å²) in [7, 11) is 4.21. The SMILES string of the molecule is CN1CCC(C(=O)NC2CCN(c3cccc(-c4nc5ccccc5n4C)c3)CC2)CC1. The van der Waals surface area contributed by atoms with E-state index in [2.05, 4.69) is 76.2 Å². The molecular weight excluding hydrogens is 398 g/mol. The molecule has 1 amide bonds. The highest BCUT2D eigenvalue weighted by Crippen LogP contribution is 2.28. The number of hydrogen-bond acceptors (Lipinski definition) is 4. The van der Waals surface area contributed by atoms with Crippen molar-refractivity contribution in [3.05, 3.63) is 48.5 Å². The molecule has 6 nitrogen and oxygen atoms in total. The Labute approximate surface area is 190 Å². The highest BCUT2D eigenvalue weighted by molar-refractivity contribution is 5.81. The van der Waals surface area contributed by atoms with Crippen LogP contribution in [0.2, 0.25) is 0 Å². The van der Waals surface area contributed by atoms with E-state index in [-0.39, 0.29) is 11.8 Å². The Morgan fingerprint density at radius 1 is 0.938 bits per heavy atom. The summed E-state index contributed by atoms with van der Waals surface area (Å²) < 4.78 is 2.17. The molecule has 0 saturated carbocycles. The number of carbonyl (C=O) groups excluding carboxylic acids is 1. The number of amides is 1. The maximum Gasteiger partial charge on any atom is 0.223 e. The molecule has 2 fully saturated rings. The number of nitrogens with zero attached hydrogens (tertiary/aromatic N) is 4. The van der Waals surface area contributed by atoms with E-state index in [4.69, 9.17) is 4.98 Å². The van der Waals surface area contributed by atoms with E-state index in [0.717, 1.165) is 74.3 Å². The van der Waals surface area contributed by atoms with Crippen LogP contribution in [0.3, 0.4) is 0 Å². The Hall–Kier alpha value is -2.86. The molecule has 0 unspecified atom stereocenters. The number of likely N-dealkylation sites (tertiary alicyclic amines) is 1. The lowest BCUT2D eigenvalue weighted by molar-refractivity contribution is -0.127. The summed E-state index contributed by atoms with van der Waals surface area (Å²) in [6.07, 6.45) is 3.95. The van der Waals surface area contributed by atoms with Gasteiger partial charge in [0.2, 0.25) is 5.91 Å². The first-order valence-electron chi connectivity index (χ1n) is 11.8. The van der Waals surface area contributed by atoms with E-state index in [1.807, 2.05) is 6.07 Å². The zero-order valence-electron chi connectivity index (χ0n) is 19.1. The lowest BCUT2D eigenvalue weighted by Crippen LogP contribution is -2.47. The summed E-state index contributed by atoms with van der Waals surface area (Å²) in [5.41, 5.74) is 4.54. The number of para-hydroxylation sites is 2. The quantitative estimate of drug-likeness (QED) is 0.685. The van der Waals surface area contributed by atoms with Gasteiger partial charge >= 0.3 is 0 Å². The zero-order valence-corrected chi connectivity index (χ0v) is 19.1. The molecule has 0 radical (unpaired) electrons. The van der Waals surface area contributed by atoms with Crippen LogP contribution < -0.4 is 10.2 Å². The van der Waals surface area contributed by atoms with Crippen molar-refractivity contribution in [2.75, 3.05) is 38.1 Å². The smallest absolute Gasteiger partial charge is 0.223 e. The van der Waals surface area contributed by atoms with Crippen molar-refractivity contribution in [1.29, 1.82) is 0 Å². The summed E-state index contributed by atoms with van der Waals surface area (Å²) in [5, 5.41) is 3.34. The molecule has 2 aromatic carbocycles. The second-order valence-electron chi connectivity index (χ2n) is 9.38. The molecular formula is C26H33N5O. The van der Waals surface area contributed by atoms with Gasteiger partial charge in [-0.1, -0.05) is 24.3 Å². The molecule has 2 aliphatic heterocycles. The van der Waals surface area contributed by atoms with E-state index in [0.29, 0.717) is 6.04 Å². The second-order valence-corrected chi connectivity index (χ2v) is 9.38. The number of anilines is 1. The van der Waals surface area contributed by atoms with Gasteiger partial charge in [0, 0.05) is 43.3 Å². The molecule has 0 bridgehead atoms. The predicted molar refractivity (Wildman–Crippen MR) is 130 cm³/mol. The van der Waals surface area contributed by atoms with Gasteiger partial charge in [0.25, 0.3) is 0 Å². The summed E-state index contributed by atoms with van der Waals surface area (Å²) in [6, 6.07) is 17.2. The first kappa shape index (κ1) is 21.0. The third-order valence-corrected chi connectivity index (χ3v) is 7.19. The first-order chi connectivity index (χ1) is 15.6. The largest absolute Gasteiger partial charge is 0.371 e. The number of imidazole rings is 1. The minimum atomic E-state index is 0.189. The van der Waals surface area contributed by atoms with Crippen molar-refractivity contribution >= 4 is 22.6 Å². The Morgan fingerprint density at radius 3 is 2.44 bits per heavy atom. The molecule has 5 rings (SSSR count). The van der Waals surface area contributed by atoms with Crippen LogP contribution >= 0.6 is 0 Å². The average Bonchev–Trinajstić information content (AvgIpc) is 3.17. The van der Waals surface area contributed by atoms with Gasteiger partial charge < -0.3 is 19.7 Å². The van der Waals surface area contributed by atoms with Crippen molar-refractivity contribution < 1.29 is 4.79 Å². The van der Waals surface area contributed by atoms with Crippen LogP contribution in [0.15, 0.2) is 48.5 Å². The fourth-order valence-corrected chi connectivity index (χ4v) is 5.12. The predicted octanol–water partition coefficient (Wildman–Crippen LogP) is 3.67. The number of hydrogen-bond donors (Lipinski definition) is 1. The number of carbonyl (C=O) groups is 1. The summed E-state index contributed by atoms with van der Waals surface area (Å²) in [4.78, 5) is 22.3. The molecule has 0 spiro atoms. The molecule has 0 aliphatic carbocycles. The third-order valence-electron chi connectivity index (χ3n) is 7.19. The summed E-state index contributed by atoms with van der Waals surface area (Å²) in [6.45, 7) is 3.98. The minimum Gasteiger partial charge on any atom is -0.371 e. The van der Waals surface area contributed by atoms with Gasteiger partial charge in [0.1, 0.15) is 5.82 Å². The van der Waals surface area contributed by atoms with Gasteiger partial charge in [-0.2, -0.15) is 0 Å². The average molecular weight is 432 g/mol. The lowest BCUT2D eigenvalue weighted by atomic mass is 9.95. The van der Waals surface area contributed by atoms with Crippen molar-refractivity contribution in [3.8, 4) is 11.4 Å². The monoisotopic (exact) mass is 431 g/mol. The van der Waals surface area contributed by atoms with Gasteiger partial charge in [-0.25, -0.2) is 4.98 Å². The van der Waals surface area contributed by atoms with Crippen LogP contribution in [0.25, 0.3) is 22.4 Å². The fourth-order valence-electron chi connectivity index (χ4n) is 5.12. The second kappa shape index (κ2) is 8.94. The number of rotatable bonds is 4. The van der Waals surface area contributed by atoms with E-state index in [1.54, 1.807) is 0 Å². The Bertz CT molecular complexity index is 1090. The summed E-state index contributed by atoms with van der Waals surface area (Å²) in [5.74, 6) is 1.45. The number of fused-ring (bicyclic) bond motifs is 1. The molecule has 32 heavy (non-hydrogen) atoms. The van der Waals surface area contributed by atoms with Crippen LogP contribution in [0, 0.1) is 5.92 Å².